The highest BCUT2D eigenvalue weighted by Crippen LogP contribution is 2.34. The molecule has 0 unspecified atom stereocenters. The normalized spacial score (nSPS) is 11.7. The van der Waals surface area contributed by atoms with Crippen molar-refractivity contribution in [2.75, 3.05) is 5.43 Å². The SMILES string of the molecule is CC(C)(C)c1cc2cc(F)cc([N+](=O)[O-])c2nc1NN. The van der Waals surface area contributed by atoms with Crippen molar-refractivity contribution in [3.63, 3.8) is 0 Å². The first-order chi connectivity index (χ1) is 9.24. The third-order valence-electron chi connectivity index (χ3n) is 3.00. The standard InChI is InChI=1S/C13H15FN4O2/c1-13(2,3)9-5-7-4-8(14)6-10(18(19)20)11(7)16-12(9)17-15/h4-6H,15H2,1-3H3,(H,16,17). The Morgan fingerprint density at radius 3 is 2.50 bits per heavy atom. The lowest BCUT2D eigenvalue weighted by Gasteiger charge is -2.22. The van der Waals surface area contributed by atoms with Gasteiger partial charge in [-0.05, 0) is 17.5 Å². The molecule has 1 aromatic carbocycles. The lowest BCUT2D eigenvalue weighted by atomic mass is 9.86. The number of nitrogens with zero attached hydrogens (tertiary/aromatic N) is 2. The maximum atomic E-state index is 13.5. The molecule has 0 saturated heterocycles. The van der Waals surface area contributed by atoms with Gasteiger partial charge in [-0.15, -0.1) is 0 Å². The molecule has 0 radical (unpaired) electrons. The van der Waals surface area contributed by atoms with Gasteiger partial charge in [0.1, 0.15) is 11.6 Å². The Morgan fingerprint density at radius 1 is 1.35 bits per heavy atom. The largest absolute Gasteiger partial charge is 0.308 e. The highest BCUT2D eigenvalue weighted by Gasteiger charge is 2.23. The predicted molar refractivity (Wildman–Crippen MR) is 74.9 cm³/mol. The van der Waals surface area contributed by atoms with Gasteiger partial charge < -0.3 is 5.43 Å². The molecular weight excluding hydrogens is 263 g/mol. The van der Waals surface area contributed by atoms with Gasteiger partial charge in [-0.2, -0.15) is 0 Å². The van der Waals surface area contributed by atoms with Crippen molar-refractivity contribution in [1.29, 1.82) is 0 Å². The summed E-state index contributed by atoms with van der Waals surface area (Å²) in [6.45, 7) is 5.85. The van der Waals surface area contributed by atoms with Crippen LogP contribution in [0.5, 0.6) is 0 Å². The van der Waals surface area contributed by atoms with Crippen molar-refractivity contribution < 1.29 is 9.31 Å². The first-order valence-electron chi connectivity index (χ1n) is 6.00. The van der Waals surface area contributed by atoms with Crippen LogP contribution in [0.15, 0.2) is 18.2 Å². The second kappa shape index (κ2) is 4.68. The maximum Gasteiger partial charge on any atom is 0.298 e. The van der Waals surface area contributed by atoms with Gasteiger partial charge in [0, 0.05) is 10.9 Å². The topological polar surface area (TPSA) is 94.1 Å². The zero-order valence-electron chi connectivity index (χ0n) is 11.4. The molecule has 0 saturated carbocycles. The minimum Gasteiger partial charge on any atom is -0.308 e. The monoisotopic (exact) mass is 278 g/mol. The number of nitrogens with one attached hydrogen (secondary N) is 1. The molecule has 0 bridgehead atoms. The minimum absolute atomic E-state index is 0.109. The van der Waals surface area contributed by atoms with E-state index in [1.54, 1.807) is 6.07 Å². The van der Waals surface area contributed by atoms with Crippen molar-refractivity contribution in [2.24, 2.45) is 5.84 Å². The van der Waals surface area contributed by atoms with Crippen molar-refractivity contribution in [1.82, 2.24) is 4.98 Å². The Kier molecular flexibility index (Phi) is 3.31. The second-order valence-electron chi connectivity index (χ2n) is 5.53. The molecule has 6 nitrogen and oxygen atoms in total. The van der Waals surface area contributed by atoms with Crippen LogP contribution in [0.3, 0.4) is 0 Å². The number of hydrogen-bond acceptors (Lipinski definition) is 5. The summed E-state index contributed by atoms with van der Waals surface area (Å²) in [5, 5.41) is 11.4. The van der Waals surface area contributed by atoms with Gasteiger partial charge in [-0.25, -0.2) is 15.2 Å². The molecule has 2 rings (SSSR count). The third-order valence-corrected chi connectivity index (χ3v) is 3.00. The number of non-ortho nitro benzene ring substituents is 1. The number of fused-ring (bicyclic) bond motifs is 1. The molecule has 0 atom stereocenters. The zero-order chi connectivity index (χ0) is 15.1. The van der Waals surface area contributed by atoms with Gasteiger partial charge in [0.05, 0.1) is 11.0 Å². The van der Waals surface area contributed by atoms with E-state index in [1.807, 2.05) is 20.8 Å². The molecule has 0 aliphatic rings. The molecule has 1 heterocycles. The van der Waals surface area contributed by atoms with Crippen molar-refractivity contribution in [2.45, 2.75) is 26.2 Å². The van der Waals surface area contributed by atoms with E-state index in [9.17, 15) is 14.5 Å². The fourth-order valence-electron chi connectivity index (χ4n) is 2.05. The first-order valence-corrected chi connectivity index (χ1v) is 6.00. The summed E-state index contributed by atoms with van der Waals surface area (Å²) >= 11 is 0. The molecule has 20 heavy (non-hydrogen) atoms. The number of anilines is 1. The molecule has 0 amide bonds. The molecule has 7 heteroatoms. The van der Waals surface area contributed by atoms with Crippen LogP contribution in [-0.2, 0) is 5.41 Å². The number of halogens is 1. The molecule has 3 N–H and O–H groups in total. The lowest BCUT2D eigenvalue weighted by molar-refractivity contribution is -0.383. The lowest BCUT2D eigenvalue weighted by Crippen LogP contribution is -2.19. The summed E-state index contributed by atoms with van der Waals surface area (Å²) in [5.74, 6) is 5.12. The number of benzene rings is 1. The van der Waals surface area contributed by atoms with Crippen molar-refractivity contribution >= 4 is 22.4 Å². The molecule has 0 aliphatic carbocycles. The van der Waals surface area contributed by atoms with Gasteiger partial charge in [0.15, 0.2) is 5.52 Å². The summed E-state index contributed by atoms with van der Waals surface area (Å²) in [5.41, 5.74) is 2.65. The minimum atomic E-state index is -0.667. The van der Waals surface area contributed by atoms with Crippen LogP contribution in [0, 0.1) is 15.9 Å². The zero-order valence-corrected chi connectivity index (χ0v) is 11.4. The van der Waals surface area contributed by atoms with Gasteiger partial charge >= 0.3 is 0 Å². The van der Waals surface area contributed by atoms with Crippen LogP contribution >= 0.6 is 0 Å². The van der Waals surface area contributed by atoms with E-state index < -0.39 is 10.7 Å². The van der Waals surface area contributed by atoms with Crippen molar-refractivity contribution in [3.8, 4) is 0 Å². The number of nitrogen functional groups attached to an aromatic ring is 1. The molecular formula is C13H15FN4O2. The summed E-state index contributed by atoms with van der Waals surface area (Å²) in [4.78, 5) is 14.5. The van der Waals surface area contributed by atoms with Gasteiger partial charge in [0.2, 0.25) is 0 Å². The van der Waals surface area contributed by atoms with E-state index in [2.05, 4.69) is 10.4 Å². The number of hydrazine groups is 1. The smallest absolute Gasteiger partial charge is 0.298 e. The van der Waals surface area contributed by atoms with Crippen LogP contribution in [-0.4, -0.2) is 9.91 Å². The highest BCUT2D eigenvalue weighted by atomic mass is 19.1. The number of nitro groups is 1. The number of nitrogens with two attached hydrogens (primary N) is 1. The Hall–Kier alpha value is -2.28. The van der Waals surface area contributed by atoms with E-state index in [1.165, 1.54) is 6.07 Å². The average Bonchev–Trinajstić information content (AvgIpc) is 2.34. The summed E-state index contributed by atoms with van der Waals surface area (Å²) < 4.78 is 13.5. The number of rotatable bonds is 2. The Morgan fingerprint density at radius 2 is 2.00 bits per heavy atom. The van der Waals surface area contributed by atoms with E-state index >= 15 is 0 Å². The van der Waals surface area contributed by atoms with Crippen LogP contribution in [0.25, 0.3) is 10.9 Å². The van der Waals surface area contributed by atoms with Crippen LogP contribution < -0.4 is 11.3 Å². The van der Waals surface area contributed by atoms with E-state index in [-0.39, 0.29) is 16.6 Å². The fraction of sp³-hybridized carbons (Fsp3) is 0.308. The Bertz CT molecular complexity index is 695. The van der Waals surface area contributed by atoms with Gasteiger partial charge in [-0.1, -0.05) is 20.8 Å². The predicted octanol–water partition coefficient (Wildman–Crippen LogP) is 2.87. The van der Waals surface area contributed by atoms with E-state index in [0.29, 0.717) is 11.2 Å². The van der Waals surface area contributed by atoms with Crippen LogP contribution in [0.2, 0.25) is 0 Å². The molecule has 0 spiro atoms. The summed E-state index contributed by atoms with van der Waals surface area (Å²) in [6.07, 6.45) is 0. The summed E-state index contributed by atoms with van der Waals surface area (Å²) in [6, 6.07) is 3.75. The number of nitro benzene ring substituents is 1. The van der Waals surface area contributed by atoms with E-state index in [0.717, 1.165) is 11.6 Å². The van der Waals surface area contributed by atoms with Crippen LogP contribution in [0.4, 0.5) is 15.9 Å². The molecule has 106 valence electrons. The van der Waals surface area contributed by atoms with Gasteiger partial charge in [0.25, 0.3) is 5.69 Å². The molecule has 2 aromatic rings. The van der Waals surface area contributed by atoms with Crippen molar-refractivity contribution in [3.05, 3.63) is 39.7 Å². The first kappa shape index (κ1) is 14.1. The fourth-order valence-corrected chi connectivity index (χ4v) is 2.05. The quantitative estimate of drug-likeness (QED) is 0.500. The van der Waals surface area contributed by atoms with Gasteiger partial charge in [-0.3, -0.25) is 10.1 Å². The molecule has 0 aliphatic heterocycles. The number of pyridine rings is 1. The Balaban J connectivity index is 2.87. The molecule has 1 aromatic heterocycles. The number of hydrogen-bond donors (Lipinski definition) is 2. The van der Waals surface area contributed by atoms with Crippen LogP contribution in [0.1, 0.15) is 26.3 Å². The number of aromatic nitrogens is 1. The second-order valence-corrected chi connectivity index (χ2v) is 5.53. The highest BCUT2D eigenvalue weighted by molar-refractivity contribution is 5.89. The summed E-state index contributed by atoms with van der Waals surface area (Å²) in [7, 11) is 0. The third kappa shape index (κ3) is 2.39. The average molecular weight is 278 g/mol. The molecule has 0 fully saturated rings. The maximum absolute atomic E-state index is 13.5. The Labute approximate surface area is 114 Å². The van der Waals surface area contributed by atoms with E-state index in [4.69, 9.17) is 5.84 Å².